The minimum Gasteiger partial charge on any atom is -0.480 e. The van der Waals surface area contributed by atoms with Crippen LogP contribution in [0.2, 0.25) is 0 Å². The Kier molecular flexibility index (Phi) is 6.70. The Morgan fingerprint density at radius 3 is 2.74 bits per heavy atom. The monoisotopic (exact) mass is 531 g/mol. The number of amides is 3. The molecule has 0 atom stereocenters. The van der Waals surface area contributed by atoms with Crippen LogP contribution in [0.25, 0.3) is 5.70 Å². The van der Waals surface area contributed by atoms with Gasteiger partial charge in [-0.25, -0.2) is 19.7 Å². The molecule has 0 aliphatic carbocycles. The van der Waals surface area contributed by atoms with Gasteiger partial charge in [-0.1, -0.05) is 43.8 Å². The fourth-order valence-electron chi connectivity index (χ4n) is 4.47. The summed E-state index contributed by atoms with van der Waals surface area (Å²) in [6.45, 7) is 5.41. The number of carbonyl (C=O) groups is 2. The van der Waals surface area contributed by atoms with E-state index in [9.17, 15) is 9.59 Å². The van der Waals surface area contributed by atoms with Crippen LogP contribution in [0, 0.1) is 5.41 Å². The van der Waals surface area contributed by atoms with Gasteiger partial charge >= 0.3 is 6.03 Å². The van der Waals surface area contributed by atoms with Crippen LogP contribution in [-0.4, -0.2) is 53.8 Å². The molecule has 10 nitrogen and oxygen atoms in total. The van der Waals surface area contributed by atoms with Crippen molar-refractivity contribution in [3.05, 3.63) is 65.5 Å². The highest BCUT2D eigenvalue weighted by molar-refractivity contribution is 7.98. The van der Waals surface area contributed by atoms with E-state index in [0.717, 1.165) is 23.4 Å². The number of nitrogens with zero attached hydrogens (tertiary/aromatic N) is 5. The second kappa shape index (κ2) is 9.97. The Labute approximate surface area is 225 Å². The normalized spacial score (nSPS) is 16.0. The number of urea groups is 1. The van der Waals surface area contributed by atoms with Crippen molar-refractivity contribution in [3.8, 4) is 5.88 Å². The van der Waals surface area contributed by atoms with Gasteiger partial charge in [0.1, 0.15) is 11.5 Å². The summed E-state index contributed by atoms with van der Waals surface area (Å²) in [5.74, 6) is 0.545. The maximum absolute atomic E-state index is 13.3. The lowest BCUT2D eigenvalue weighted by Gasteiger charge is -2.34. The predicted molar refractivity (Wildman–Crippen MR) is 149 cm³/mol. The largest absolute Gasteiger partial charge is 0.480 e. The van der Waals surface area contributed by atoms with Gasteiger partial charge in [0.15, 0.2) is 5.16 Å². The number of pyridine rings is 1. The van der Waals surface area contributed by atoms with Crippen LogP contribution in [0.3, 0.4) is 0 Å². The molecule has 0 saturated carbocycles. The molecule has 3 aromatic rings. The molecule has 1 aromatic carbocycles. The van der Waals surface area contributed by atoms with Gasteiger partial charge in [-0.05, 0) is 30.0 Å². The Balaban J connectivity index is 1.41. The third kappa shape index (κ3) is 4.89. The van der Waals surface area contributed by atoms with E-state index in [0.29, 0.717) is 27.9 Å². The number of hydrogen-bond donors (Lipinski definition) is 2. The molecular formula is C27H29N7O3S. The van der Waals surface area contributed by atoms with Crippen molar-refractivity contribution in [1.82, 2.24) is 20.3 Å². The summed E-state index contributed by atoms with van der Waals surface area (Å²) in [4.78, 5) is 42.7. The van der Waals surface area contributed by atoms with Gasteiger partial charge < -0.3 is 15.4 Å². The molecule has 5 rings (SSSR count). The molecule has 2 aliphatic rings. The number of aromatic nitrogens is 3. The molecule has 38 heavy (non-hydrogen) atoms. The topological polar surface area (TPSA) is 113 Å². The fraction of sp³-hybridized carbons (Fsp3) is 0.296. The molecule has 2 N–H and O–H groups in total. The molecule has 0 saturated heterocycles. The van der Waals surface area contributed by atoms with Gasteiger partial charge in [0.2, 0.25) is 5.88 Å². The first kappa shape index (κ1) is 25.5. The molecule has 11 heteroatoms. The molecule has 2 aromatic heterocycles. The number of benzene rings is 1. The fourth-order valence-corrected chi connectivity index (χ4v) is 4.81. The summed E-state index contributed by atoms with van der Waals surface area (Å²) in [7, 11) is 3.15. The standard InChI is InChI=1S/C27H29N7O3S/c1-27(2)11-20(30-15-27)16-7-6-8-17(9-16)23(35)31-19-10-21(24(37-4)28-13-19)34-14-18-12-29-25(38-5)32-22(18)33(3)26(34)36/h6-13,30H,14-15H2,1-5H3,(H,31,35). The van der Waals surface area contributed by atoms with Gasteiger partial charge in [0, 0.05) is 42.0 Å². The maximum atomic E-state index is 13.3. The van der Waals surface area contributed by atoms with Crippen LogP contribution < -0.4 is 25.2 Å². The number of thioether (sulfide) groups is 1. The zero-order chi connectivity index (χ0) is 27.0. The number of anilines is 3. The number of fused-ring (bicyclic) bond motifs is 1. The number of methoxy groups -OCH3 is 1. The van der Waals surface area contributed by atoms with E-state index in [1.807, 2.05) is 24.5 Å². The van der Waals surface area contributed by atoms with Gasteiger partial charge in [-0.2, -0.15) is 0 Å². The predicted octanol–water partition coefficient (Wildman–Crippen LogP) is 4.40. The van der Waals surface area contributed by atoms with E-state index in [1.165, 1.54) is 34.9 Å². The van der Waals surface area contributed by atoms with Crippen molar-refractivity contribution in [2.45, 2.75) is 25.5 Å². The summed E-state index contributed by atoms with van der Waals surface area (Å²) in [6, 6.07) is 8.85. The number of ether oxygens (including phenoxy) is 1. The molecule has 0 radical (unpaired) electrons. The van der Waals surface area contributed by atoms with Crippen LogP contribution in [0.5, 0.6) is 5.88 Å². The molecule has 3 amide bonds. The van der Waals surface area contributed by atoms with E-state index in [2.05, 4.69) is 45.5 Å². The summed E-state index contributed by atoms with van der Waals surface area (Å²) in [6.07, 6.45) is 7.29. The van der Waals surface area contributed by atoms with Crippen molar-refractivity contribution in [2.24, 2.45) is 5.41 Å². The maximum Gasteiger partial charge on any atom is 0.330 e. The summed E-state index contributed by atoms with van der Waals surface area (Å²) in [5.41, 5.74) is 4.18. The smallest absolute Gasteiger partial charge is 0.330 e. The molecule has 0 spiro atoms. The lowest BCUT2D eigenvalue weighted by atomic mass is 9.95. The quantitative estimate of drug-likeness (QED) is 0.356. The lowest BCUT2D eigenvalue weighted by molar-refractivity contribution is 0.102. The van der Waals surface area contributed by atoms with Crippen LogP contribution in [-0.2, 0) is 6.54 Å². The van der Waals surface area contributed by atoms with Crippen molar-refractivity contribution in [2.75, 3.05) is 42.1 Å². The van der Waals surface area contributed by atoms with E-state index in [-0.39, 0.29) is 29.8 Å². The molecule has 196 valence electrons. The van der Waals surface area contributed by atoms with Crippen LogP contribution in [0.15, 0.2) is 54.0 Å². The Morgan fingerprint density at radius 1 is 1.21 bits per heavy atom. The van der Waals surface area contributed by atoms with E-state index in [1.54, 1.807) is 25.4 Å². The highest BCUT2D eigenvalue weighted by Crippen LogP contribution is 2.36. The first-order chi connectivity index (χ1) is 18.2. The van der Waals surface area contributed by atoms with E-state index >= 15 is 0 Å². The van der Waals surface area contributed by atoms with E-state index < -0.39 is 0 Å². The summed E-state index contributed by atoms with van der Waals surface area (Å²) in [5, 5.41) is 6.91. The number of hydrogen-bond acceptors (Lipinski definition) is 8. The van der Waals surface area contributed by atoms with Gasteiger partial charge in [0.25, 0.3) is 5.91 Å². The highest BCUT2D eigenvalue weighted by atomic mass is 32.2. The SMILES string of the molecule is COc1ncc(NC(=O)c2cccc(C3=CC(C)(C)CN3)c2)cc1N1Cc2cnc(SC)nc2N(C)C1=O. The molecule has 4 heterocycles. The average Bonchev–Trinajstić information content (AvgIpc) is 3.30. The minimum atomic E-state index is -0.292. The molecular weight excluding hydrogens is 502 g/mol. The first-order valence-electron chi connectivity index (χ1n) is 12.1. The van der Waals surface area contributed by atoms with Crippen LogP contribution in [0.1, 0.15) is 35.3 Å². The van der Waals surface area contributed by atoms with Crippen molar-refractivity contribution < 1.29 is 14.3 Å². The first-order valence-corrected chi connectivity index (χ1v) is 13.3. The second-order valence-corrected chi connectivity index (χ2v) is 10.6. The molecule has 0 bridgehead atoms. The Morgan fingerprint density at radius 2 is 2.03 bits per heavy atom. The van der Waals surface area contributed by atoms with Crippen molar-refractivity contribution >= 4 is 46.6 Å². The third-order valence-electron chi connectivity index (χ3n) is 6.45. The number of nitrogens with one attached hydrogen (secondary N) is 2. The van der Waals surface area contributed by atoms with Crippen LogP contribution >= 0.6 is 11.8 Å². The third-order valence-corrected chi connectivity index (χ3v) is 7.01. The Hall–Kier alpha value is -4.12. The number of rotatable bonds is 6. The van der Waals surface area contributed by atoms with Crippen molar-refractivity contribution in [3.63, 3.8) is 0 Å². The number of carbonyl (C=O) groups excluding carboxylic acids is 2. The van der Waals surface area contributed by atoms with Gasteiger partial charge in [-0.15, -0.1) is 0 Å². The summed E-state index contributed by atoms with van der Waals surface area (Å²) < 4.78 is 5.46. The second-order valence-electron chi connectivity index (χ2n) is 9.82. The Bertz CT molecular complexity index is 1460. The summed E-state index contributed by atoms with van der Waals surface area (Å²) >= 11 is 1.41. The highest BCUT2D eigenvalue weighted by Gasteiger charge is 2.33. The zero-order valence-electron chi connectivity index (χ0n) is 21.9. The van der Waals surface area contributed by atoms with Gasteiger partial charge in [-0.3, -0.25) is 14.6 Å². The van der Waals surface area contributed by atoms with E-state index in [4.69, 9.17) is 4.74 Å². The molecule has 0 unspecified atom stereocenters. The van der Waals surface area contributed by atoms with Crippen LogP contribution in [0.4, 0.5) is 22.0 Å². The zero-order valence-corrected chi connectivity index (χ0v) is 22.7. The molecule has 2 aliphatic heterocycles. The van der Waals surface area contributed by atoms with Crippen molar-refractivity contribution in [1.29, 1.82) is 0 Å². The van der Waals surface area contributed by atoms with Gasteiger partial charge in [0.05, 0.1) is 25.5 Å². The molecule has 0 fully saturated rings. The lowest BCUT2D eigenvalue weighted by Crippen LogP contribution is -2.46. The minimum absolute atomic E-state index is 0.0581. The average molecular weight is 532 g/mol.